The quantitative estimate of drug-likeness (QED) is 0.487. The van der Waals surface area contributed by atoms with Crippen LogP contribution in [-0.2, 0) is 7.05 Å². The molecule has 2 heterocycles. The number of nitrogens with zero attached hydrogens (tertiary/aromatic N) is 5. The first-order valence-corrected chi connectivity index (χ1v) is 9.71. The second-order valence-corrected chi connectivity index (χ2v) is 7.44. The van der Waals surface area contributed by atoms with Gasteiger partial charge in [0.05, 0.1) is 28.9 Å². The molecule has 30 heavy (non-hydrogen) atoms. The van der Waals surface area contributed by atoms with Gasteiger partial charge < -0.3 is 9.64 Å². The Balaban J connectivity index is 1.89. The van der Waals surface area contributed by atoms with E-state index in [1.165, 1.54) is 0 Å². The maximum absolute atomic E-state index is 9.09. The standard InChI is InChI=1S/C24H23N5O/c1-5-17-12-19-20(13-22(17)30-11-10-28(2)3)26-15-21-23(19)24(27-29(21)4)18-8-6-16(14-25)7-9-18/h5-9,12-13,15H,1,10-11H2,2-4H3. The number of hydrogen-bond donors (Lipinski definition) is 0. The second kappa shape index (κ2) is 7.97. The average Bonchev–Trinajstić information content (AvgIpc) is 3.10. The van der Waals surface area contributed by atoms with Crippen molar-refractivity contribution in [2.45, 2.75) is 0 Å². The Morgan fingerprint density at radius 2 is 2.00 bits per heavy atom. The van der Waals surface area contributed by atoms with Crippen molar-refractivity contribution in [1.29, 1.82) is 5.26 Å². The third-order valence-electron chi connectivity index (χ3n) is 5.12. The van der Waals surface area contributed by atoms with E-state index in [0.29, 0.717) is 12.2 Å². The van der Waals surface area contributed by atoms with Crippen LogP contribution in [-0.4, -0.2) is 46.9 Å². The van der Waals surface area contributed by atoms with Gasteiger partial charge in [-0.05, 0) is 32.3 Å². The molecule has 0 amide bonds. The first kappa shape index (κ1) is 19.6. The van der Waals surface area contributed by atoms with Gasteiger partial charge >= 0.3 is 0 Å². The number of rotatable bonds is 6. The molecule has 4 rings (SSSR count). The van der Waals surface area contributed by atoms with Gasteiger partial charge in [0.15, 0.2) is 0 Å². The zero-order chi connectivity index (χ0) is 21.3. The van der Waals surface area contributed by atoms with Crippen LogP contribution in [0.4, 0.5) is 0 Å². The van der Waals surface area contributed by atoms with Crippen LogP contribution in [0.2, 0.25) is 0 Å². The number of likely N-dealkylation sites (N-methyl/N-ethyl adjacent to an activating group) is 1. The molecule has 0 saturated carbocycles. The van der Waals surface area contributed by atoms with Gasteiger partial charge in [0.2, 0.25) is 0 Å². The lowest BCUT2D eigenvalue weighted by Crippen LogP contribution is -2.19. The van der Waals surface area contributed by atoms with Gasteiger partial charge in [-0.25, -0.2) is 0 Å². The average molecular weight is 397 g/mol. The minimum atomic E-state index is 0.588. The fourth-order valence-electron chi connectivity index (χ4n) is 3.50. The third kappa shape index (κ3) is 3.51. The number of benzene rings is 2. The van der Waals surface area contributed by atoms with Crippen molar-refractivity contribution in [3.63, 3.8) is 0 Å². The topological polar surface area (TPSA) is 67.0 Å². The van der Waals surface area contributed by atoms with Gasteiger partial charge in [0.1, 0.15) is 18.1 Å². The first-order valence-electron chi connectivity index (χ1n) is 9.71. The molecule has 150 valence electrons. The van der Waals surface area contributed by atoms with Gasteiger partial charge in [-0.15, -0.1) is 0 Å². The van der Waals surface area contributed by atoms with Crippen molar-refractivity contribution in [3.8, 4) is 23.1 Å². The van der Waals surface area contributed by atoms with Crippen LogP contribution in [0.1, 0.15) is 11.1 Å². The van der Waals surface area contributed by atoms with E-state index in [0.717, 1.165) is 50.9 Å². The molecule has 0 aliphatic carbocycles. The molecule has 0 aliphatic rings. The Kier molecular flexibility index (Phi) is 5.21. The Bertz CT molecular complexity index is 1280. The van der Waals surface area contributed by atoms with Crippen molar-refractivity contribution in [3.05, 3.63) is 60.3 Å². The van der Waals surface area contributed by atoms with E-state index in [4.69, 9.17) is 15.1 Å². The predicted octanol–water partition coefficient (Wildman–Crippen LogP) is 4.24. The van der Waals surface area contributed by atoms with Crippen LogP contribution in [0.25, 0.3) is 39.1 Å². The Labute approximate surface area is 175 Å². The minimum absolute atomic E-state index is 0.588. The largest absolute Gasteiger partial charge is 0.492 e. The fraction of sp³-hybridized carbons (Fsp3) is 0.208. The maximum Gasteiger partial charge on any atom is 0.128 e. The highest BCUT2D eigenvalue weighted by Gasteiger charge is 2.16. The number of aromatic nitrogens is 3. The van der Waals surface area contributed by atoms with Gasteiger partial charge in [-0.2, -0.15) is 10.4 Å². The molecule has 2 aromatic carbocycles. The molecule has 4 aromatic rings. The van der Waals surface area contributed by atoms with E-state index in [-0.39, 0.29) is 0 Å². The number of pyridine rings is 1. The summed E-state index contributed by atoms with van der Waals surface area (Å²) in [5.41, 5.74) is 5.15. The van der Waals surface area contributed by atoms with Crippen molar-refractivity contribution in [2.24, 2.45) is 7.05 Å². The molecule has 0 bridgehead atoms. The van der Waals surface area contributed by atoms with Gasteiger partial charge in [0.25, 0.3) is 0 Å². The maximum atomic E-state index is 9.09. The Morgan fingerprint density at radius 3 is 2.67 bits per heavy atom. The highest BCUT2D eigenvalue weighted by Crippen LogP contribution is 2.36. The van der Waals surface area contributed by atoms with E-state index in [2.05, 4.69) is 28.6 Å². The smallest absolute Gasteiger partial charge is 0.128 e. The Hall–Kier alpha value is -3.69. The van der Waals surface area contributed by atoms with Crippen LogP contribution in [0.3, 0.4) is 0 Å². The second-order valence-electron chi connectivity index (χ2n) is 7.44. The van der Waals surface area contributed by atoms with Crippen LogP contribution in [0.15, 0.2) is 49.2 Å². The van der Waals surface area contributed by atoms with Gasteiger partial charge in [-0.1, -0.05) is 24.8 Å². The number of fused-ring (bicyclic) bond motifs is 3. The van der Waals surface area contributed by atoms with Gasteiger partial charge in [0, 0.05) is 41.6 Å². The van der Waals surface area contributed by atoms with E-state index < -0.39 is 0 Å². The van der Waals surface area contributed by atoms with Crippen molar-refractivity contribution in [2.75, 3.05) is 27.2 Å². The zero-order valence-electron chi connectivity index (χ0n) is 17.4. The molecule has 0 atom stereocenters. The summed E-state index contributed by atoms with van der Waals surface area (Å²) in [5, 5.41) is 15.9. The normalized spacial score (nSPS) is 11.2. The highest BCUT2D eigenvalue weighted by molar-refractivity contribution is 6.12. The molecule has 2 aromatic heterocycles. The summed E-state index contributed by atoms with van der Waals surface area (Å²) >= 11 is 0. The monoisotopic (exact) mass is 397 g/mol. The summed E-state index contributed by atoms with van der Waals surface area (Å²) in [4.78, 5) is 6.73. The lowest BCUT2D eigenvalue weighted by molar-refractivity contribution is 0.261. The summed E-state index contributed by atoms with van der Waals surface area (Å²) in [6, 6.07) is 13.7. The number of ether oxygens (including phenoxy) is 1. The van der Waals surface area contributed by atoms with Crippen LogP contribution in [0.5, 0.6) is 5.75 Å². The van der Waals surface area contributed by atoms with Gasteiger partial charge in [-0.3, -0.25) is 9.67 Å². The Morgan fingerprint density at radius 1 is 1.23 bits per heavy atom. The molecule has 6 nitrogen and oxygen atoms in total. The first-order chi connectivity index (χ1) is 14.5. The summed E-state index contributed by atoms with van der Waals surface area (Å²) in [6.07, 6.45) is 3.65. The molecule has 0 aliphatic heterocycles. The summed E-state index contributed by atoms with van der Waals surface area (Å²) in [5.74, 6) is 0.773. The fourth-order valence-corrected chi connectivity index (χ4v) is 3.50. The van der Waals surface area contributed by atoms with Crippen molar-refractivity contribution < 1.29 is 4.74 Å². The number of hydrogen-bond acceptors (Lipinski definition) is 5. The van der Waals surface area contributed by atoms with Crippen molar-refractivity contribution in [1.82, 2.24) is 19.7 Å². The molecule has 0 N–H and O–H groups in total. The molecule has 0 unspecified atom stereocenters. The van der Waals surface area contributed by atoms with Crippen LogP contribution < -0.4 is 4.74 Å². The third-order valence-corrected chi connectivity index (χ3v) is 5.12. The minimum Gasteiger partial charge on any atom is -0.492 e. The predicted molar refractivity (Wildman–Crippen MR) is 120 cm³/mol. The molecule has 0 spiro atoms. The lowest BCUT2D eigenvalue weighted by atomic mass is 10.0. The summed E-state index contributed by atoms with van der Waals surface area (Å²) in [7, 11) is 5.95. The number of aryl methyl sites for hydroxylation is 1. The number of nitriles is 1. The van der Waals surface area contributed by atoms with E-state index in [1.807, 2.05) is 62.4 Å². The molecular formula is C24H23N5O. The molecule has 0 saturated heterocycles. The SMILES string of the molecule is C=Cc1cc2c(cc1OCCN(C)C)ncc1c2c(-c2ccc(C#N)cc2)nn1C. The highest BCUT2D eigenvalue weighted by atomic mass is 16.5. The van der Waals surface area contributed by atoms with Crippen molar-refractivity contribution >= 4 is 27.9 Å². The molecule has 0 fully saturated rings. The van der Waals surface area contributed by atoms with E-state index in [1.54, 1.807) is 6.08 Å². The molecular weight excluding hydrogens is 374 g/mol. The molecule has 6 heteroatoms. The molecule has 0 radical (unpaired) electrons. The summed E-state index contributed by atoms with van der Waals surface area (Å²) in [6.45, 7) is 5.38. The summed E-state index contributed by atoms with van der Waals surface area (Å²) < 4.78 is 7.84. The zero-order valence-corrected chi connectivity index (χ0v) is 17.4. The lowest BCUT2D eigenvalue weighted by Gasteiger charge is -2.14. The van der Waals surface area contributed by atoms with Crippen LogP contribution in [0, 0.1) is 11.3 Å². The van der Waals surface area contributed by atoms with E-state index >= 15 is 0 Å². The van der Waals surface area contributed by atoms with Crippen LogP contribution >= 0.6 is 0 Å². The van der Waals surface area contributed by atoms with E-state index in [9.17, 15) is 0 Å².